The molecule has 2 aromatic carbocycles. The number of benzene rings is 2. The quantitative estimate of drug-likeness (QED) is 0.886. The topological polar surface area (TPSA) is 55.1 Å². The van der Waals surface area contributed by atoms with Crippen molar-refractivity contribution in [3.63, 3.8) is 0 Å². The minimum Gasteiger partial charge on any atom is -0.356 e. The molecule has 3 rings (SSSR count). The fourth-order valence-electron chi connectivity index (χ4n) is 2.89. The zero-order chi connectivity index (χ0) is 14.8. The number of carbonyl (C=O) groups excluding carboxylic acids is 1. The fourth-order valence-corrected chi connectivity index (χ4v) is 2.89. The minimum absolute atomic E-state index is 0.126. The van der Waals surface area contributed by atoms with E-state index in [-0.39, 0.29) is 11.8 Å². The first-order valence-electron chi connectivity index (χ1n) is 7.66. The molecule has 3 N–H and O–H groups in total. The molecule has 0 saturated heterocycles. The van der Waals surface area contributed by atoms with Gasteiger partial charge in [-0.05, 0) is 41.1 Å². The highest BCUT2D eigenvalue weighted by atomic mass is 16.2. The van der Waals surface area contributed by atoms with Crippen LogP contribution in [0.3, 0.4) is 0 Å². The lowest BCUT2D eigenvalue weighted by atomic mass is 10.00. The van der Waals surface area contributed by atoms with Crippen molar-refractivity contribution in [1.82, 2.24) is 5.32 Å². The van der Waals surface area contributed by atoms with Crippen molar-refractivity contribution in [3.05, 3.63) is 48.0 Å². The molecular formula is C18H22N2O. The van der Waals surface area contributed by atoms with Crippen molar-refractivity contribution in [2.24, 2.45) is 17.6 Å². The van der Waals surface area contributed by atoms with Crippen LogP contribution in [-0.2, 0) is 4.79 Å². The lowest BCUT2D eigenvalue weighted by Crippen LogP contribution is -2.32. The Bertz CT molecular complexity index is 647. The lowest BCUT2D eigenvalue weighted by Gasteiger charge is -2.10. The van der Waals surface area contributed by atoms with Crippen molar-refractivity contribution < 1.29 is 4.79 Å². The summed E-state index contributed by atoms with van der Waals surface area (Å²) >= 11 is 0. The number of fused-ring (bicyclic) bond motifs is 1. The van der Waals surface area contributed by atoms with Gasteiger partial charge in [-0.25, -0.2) is 0 Å². The van der Waals surface area contributed by atoms with Gasteiger partial charge < -0.3 is 11.1 Å². The Labute approximate surface area is 125 Å². The molecule has 1 amide bonds. The second kappa shape index (κ2) is 5.86. The van der Waals surface area contributed by atoms with Crippen molar-refractivity contribution in [2.75, 3.05) is 13.1 Å². The van der Waals surface area contributed by atoms with Crippen LogP contribution >= 0.6 is 0 Å². The van der Waals surface area contributed by atoms with Crippen molar-refractivity contribution in [3.8, 4) is 0 Å². The van der Waals surface area contributed by atoms with Gasteiger partial charge in [-0.2, -0.15) is 0 Å². The van der Waals surface area contributed by atoms with Gasteiger partial charge in [-0.15, -0.1) is 0 Å². The maximum Gasteiger partial charge on any atom is 0.223 e. The molecule has 3 nitrogen and oxygen atoms in total. The molecular weight excluding hydrogens is 260 g/mol. The van der Waals surface area contributed by atoms with E-state index in [4.69, 9.17) is 5.73 Å². The highest BCUT2D eigenvalue weighted by molar-refractivity contribution is 5.89. The van der Waals surface area contributed by atoms with Gasteiger partial charge in [0.1, 0.15) is 0 Å². The van der Waals surface area contributed by atoms with E-state index in [0.717, 1.165) is 6.42 Å². The number of nitrogens with one attached hydrogen (secondary N) is 1. The molecule has 1 aliphatic carbocycles. The van der Waals surface area contributed by atoms with E-state index in [1.54, 1.807) is 0 Å². The van der Waals surface area contributed by atoms with Crippen LogP contribution in [0.4, 0.5) is 0 Å². The van der Waals surface area contributed by atoms with E-state index in [1.807, 2.05) is 0 Å². The fraction of sp³-hybridized carbons (Fsp3) is 0.389. The third-order valence-corrected chi connectivity index (χ3v) is 4.38. The first-order chi connectivity index (χ1) is 10.2. The van der Waals surface area contributed by atoms with Crippen LogP contribution in [0, 0.1) is 11.8 Å². The number of amides is 1. The Morgan fingerprint density at radius 1 is 1.29 bits per heavy atom. The molecule has 3 atom stereocenters. The summed E-state index contributed by atoms with van der Waals surface area (Å²) < 4.78 is 0. The Hall–Kier alpha value is -1.87. The van der Waals surface area contributed by atoms with Crippen LogP contribution in [0.15, 0.2) is 42.5 Å². The van der Waals surface area contributed by atoms with E-state index in [0.29, 0.717) is 24.9 Å². The summed E-state index contributed by atoms with van der Waals surface area (Å²) in [4.78, 5) is 12.2. The number of hydrogen-bond donors (Lipinski definition) is 2. The smallest absolute Gasteiger partial charge is 0.223 e. The minimum atomic E-state index is 0.126. The Kier molecular flexibility index (Phi) is 3.93. The molecule has 0 heterocycles. The van der Waals surface area contributed by atoms with Crippen LogP contribution in [0.25, 0.3) is 10.8 Å². The maximum absolute atomic E-state index is 12.2. The predicted octanol–water partition coefficient (Wildman–Crippen LogP) is 2.65. The molecule has 0 aromatic heterocycles. The van der Waals surface area contributed by atoms with E-state index in [9.17, 15) is 4.79 Å². The molecule has 0 radical (unpaired) electrons. The number of rotatable bonds is 5. The maximum atomic E-state index is 12.2. The molecule has 0 bridgehead atoms. The van der Waals surface area contributed by atoms with Crippen LogP contribution in [0.1, 0.15) is 24.8 Å². The first kappa shape index (κ1) is 14.1. The normalized spacial score (nSPS) is 22.0. The SMILES string of the molecule is CC(CN)CNC(=O)C1CC1c1cccc2ccccc12. The molecule has 0 spiro atoms. The largest absolute Gasteiger partial charge is 0.356 e. The summed E-state index contributed by atoms with van der Waals surface area (Å²) in [6.07, 6.45) is 0.955. The van der Waals surface area contributed by atoms with Gasteiger partial charge in [0.05, 0.1) is 0 Å². The summed E-state index contributed by atoms with van der Waals surface area (Å²) in [5, 5.41) is 5.55. The Morgan fingerprint density at radius 3 is 2.86 bits per heavy atom. The molecule has 110 valence electrons. The standard InChI is InChI=1S/C18H22N2O/c1-12(10-19)11-20-18(21)17-9-16(17)15-8-4-6-13-5-2-3-7-14(13)15/h2-8,12,16-17H,9-11,19H2,1H3,(H,20,21). The van der Waals surface area contributed by atoms with Crippen LogP contribution in [0.2, 0.25) is 0 Å². The molecule has 3 heteroatoms. The average molecular weight is 282 g/mol. The average Bonchev–Trinajstić information content (AvgIpc) is 3.32. The predicted molar refractivity (Wildman–Crippen MR) is 86.0 cm³/mol. The molecule has 1 fully saturated rings. The monoisotopic (exact) mass is 282 g/mol. The van der Waals surface area contributed by atoms with Gasteiger partial charge in [0.2, 0.25) is 5.91 Å². The van der Waals surface area contributed by atoms with Crippen molar-refractivity contribution in [1.29, 1.82) is 0 Å². The van der Waals surface area contributed by atoms with Gasteiger partial charge in [0.15, 0.2) is 0 Å². The number of carbonyl (C=O) groups is 1. The summed E-state index contributed by atoms with van der Waals surface area (Å²) in [5.74, 6) is 1.00. The van der Waals surface area contributed by atoms with Crippen LogP contribution in [-0.4, -0.2) is 19.0 Å². The Morgan fingerprint density at radius 2 is 2.05 bits per heavy atom. The van der Waals surface area contributed by atoms with Gasteiger partial charge >= 0.3 is 0 Å². The van der Waals surface area contributed by atoms with Crippen LogP contribution < -0.4 is 11.1 Å². The second-order valence-electron chi connectivity index (χ2n) is 6.10. The summed E-state index contributed by atoms with van der Waals surface area (Å²) in [5.41, 5.74) is 6.88. The van der Waals surface area contributed by atoms with Crippen LogP contribution in [0.5, 0.6) is 0 Å². The first-order valence-corrected chi connectivity index (χ1v) is 7.66. The Balaban J connectivity index is 1.70. The third kappa shape index (κ3) is 2.93. The highest BCUT2D eigenvalue weighted by Crippen LogP contribution is 2.49. The molecule has 21 heavy (non-hydrogen) atoms. The van der Waals surface area contributed by atoms with Crippen molar-refractivity contribution in [2.45, 2.75) is 19.3 Å². The third-order valence-electron chi connectivity index (χ3n) is 4.38. The molecule has 1 aliphatic rings. The van der Waals surface area contributed by atoms with Crippen molar-refractivity contribution >= 4 is 16.7 Å². The second-order valence-corrected chi connectivity index (χ2v) is 6.10. The van der Waals surface area contributed by atoms with Gasteiger partial charge in [-0.3, -0.25) is 4.79 Å². The summed E-state index contributed by atoms with van der Waals surface area (Å²) in [7, 11) is 0. The molecule has 0 aliphatic heterocycles. The van der Waals surface area contributed by atoms with Gasteiger partial charge in [-0.1, -0.05) is 49.4 Å². The summed E-state index contributed by atoms with van der Waals surface area (Å²) in [6, 6.07) is 14.8. The lowest BCUT2D eigenvalue weighted by molar-refractivity contribution is -0.122. The van der Waals surface area contributed by atoms with E-state index < -0.39 is 0 Å². The van der Waals surface area contributed by atoms with E-state index in [2.05, 4.69) is 54.7 Å². The molecule has 3 unspecified atom stereocenters. The zero-order valence-corrected chi connectivity index (χ0v) is 12.4. The highest BCUT2D eigenvalue weighted by Gasteiger charge is 2.44. The molecule has 2 aromatic rings. The number of hydrogen-bond acceptors (Lipinski definition) is 2. The zero-order valence-electron chi connectivity index (χ0n) is 12.4. The van der Waals surface area contributed by atoms with E-state index >= 15 is 0 Å². The summed E-state index contributed by atoms with van der Waals surface area (Å²) in [6.45, 7) is 3.33. The van der Waals surface area contributed by atoms with Gasteiger partial charge in [0.25, 0.3) is 0 Å². The van der Waals surface area contributed by atoms with E-state index in [1.165, 1.54) is 16.3 Å². The van der Waals surface area contributed by atoms with Gasteiger partial charge in [0, 0.05) is 12.5 Å². The number of nitrogens with two attached hydrogens (primary N) is 1. The molecule has 1 saturated carbocycles.